The quantitative estimate of drug-likeness (QED) is 0.540. The van der Waals surface area contributed by atoms with Crippen molar-refractivity contribution in [3.05, 3.63) is 0 Å². The molecule has 1 heterocycles. The predicted octanol–water partition coefficient (Wildman–Crippen LogP) is -0.762. The van der Waals surface area contributed by atoms with Crippen LogP contribution in [0.4, 0.5) is 4.79 Å². The summed E-state index contributed by atoms with van der Waals surface area (Å²) < 4.78 is 0. The highest BCUT2D eigenvalue weighted by Crippen LogP contribution is 2.18. The molecule has 1 rings (SSSR count). The van der Waals surface area contributed by atoms with Gasteiger partial charge in [0.05, 0.1) is 12.1 Å². The van der Waals surface area contributed by atoms with Gasteiger partial charge in [-0.3, -0.25) is 0 Å². The van der Waals surface area contributed by atoms with E-state index in [9.17, 15) is 14.7 Å². The van der Waals surface area contributed by atoms with Crippen molar-refractivity contribution in [2.75, 3.05) is 6.54 Å². The molecule has 1 fully saturated rings. The van der Waals surface area contributed by atoms with Crippen molar-refractivity contribution in [2.24, 2.45) is 0 Å². The number of carbonyl (C=O) groups is 2. The second kappa shape index (κ2) is 4.86. The molecule has 1 aliphatic heterocycles. The molecule has 0 aromatic heterocycles. The van der Waals surface area contributed by atoms with Crippen LogP contribution in [-0.4, -0.2) is 51.8 Å². The van der Waals surface area contributed by atoms with Crippen LogP contribution >= 0.6 is 0 Å². The standard InChI is InChI=1S/C10H14N2O4/c1-3-6(2)11-10(16)12-5-7(13)4-8(12)9(14)15/h1,6-8,13H,4-5H2,2H3,(H,11,16)(H,14,15). The number of hydrogen-bond acceptors (Lipinski definition) is 3. The molecule has 0 bridgehead atoms. The van der Waals surface area contributed by atoms with Gasteiger partial charge in [0, 0.05) is 13.0 Å². The van der Waals surface area contributed by atoms with Gasteiger partial charge in [-0.15, -0.1) is 6.42 Å². The maximum absolute atomic E-state index is 11.6. The van der Waals surface area contributed by atoms with Gasteiger partial charge in [-0.2, -0.15) is 0 Å². The number of carboxylic acid groups (broad SMARTS) is 1. The largest absolute Gasteiger partial charge is 0.480 e. The van der Waals surface area contributed by atoms with Gasteiger partial charge in [-0.25, -0.2) is 9.59 Å². The minimum absolute atomic E-state index is 0.0140. The molecule has 16 heavy (non-hydrogen) atoms. The van der Waals surface area contributed by atoms with Crippen molar-refractivity contribution in [3.63, 3.8) is 0 Å². The van der Waals surface area contributed by atoms with E-state index >= 15 is 0 Å². The van der Waals surface area contributed by atoms with Crippen molar-refractivity contribution in [1.29, 1.82) is 0 Å². The third kappa shape index (κ3) is 2.64. The lowest BCUT2D eigenvalue weighted by atomic mass is 10.2. The van der Waals surface area contributed by atoms with Gasteiger partial charge in [-0.05, 0) is 6.92 Å². The Morgan fingerprint density at radius 1 is 1.62 bits per heavy atom. The molecule has 1 saturated heterocycles. The minimum atomic E-state index is -1.12. The van der Waals surface area contributed by atoms with Crippen LogP contribution in [0.2, 0.25) is 0 Å². The van der Waals surface area contributed by atoms with E-state index in [2.05, 4.69) is 11.2 Å². The summed E-state index contributed by atoms with van der Waals surface area (Å²) in [4.78, 5) is 23.5. The Morgan fingerprint density at radius 3 is 2.75 bits per heavy atom. The van der Waals surface area contributed by atoms with Crippen molar-refractivity contribution < 1.29 is 19.8 Å². The summed E-state index contributed by atoms with van der Waals surface area (Å²) in [5.41, 5.74) is 0. The van der Waals surface area contributed by atoms with E-state index in [1.165, 1.54) is 0 Å². The van der Waals surface area contributed by atoms with Crippen LogP contribution in [0.3, 0.4) is 0 Å². The first-order chi connectivity index (χ1) is 7.45. The summed E-state index contributed by atoms with van der Waals surface area (Å²) in [7, 11) is 0. The number of amides is 2. The molecule has 1 aliphatic rings. The number of aliphatic hydroxyl groups excluding tert-OH is 1. The van der Waals surface area contributed by atoms with Crippen molar-refractivity contribution in [1.82, 2.24) is 10.2 Å². The molecule has 0 spiro atoms. The van der Waals surface area contributed by atoms with Gasteiger partial charge in [0.1, 0.15) is 6.04 Å². The van der Waals surface area contributed by atoms with Gasteiger partial charge in [0.15, 0.2) is 0 Å². The fourth-order valence-electron chi connectivity index (χ4n) is 1.58. The van der Waals surface area contributed by atoms with Crippen LogP contribution in [0.1, 0.15) is 13.3 Å². The average molecular weight is 226 g/mol. The molecule has 3 N–H and O–H groups in total. The summed E-state index contributed by atoms with van der Waals surface area (Å²) in [5.74, 6) is 1.18. The maximum atomic E-state index is 11.6. The molecule has 3 atom stereocenters. The van der Waals surface area contributed by atoms with E-state index in [1.807, 2.05) is 0 Å². The number of hydrogen-bond donors (Lipinski definition) is 3. The van der Waals surface area contributed by atoms with Crippen LogP contribution in [0.25, 0.3) is 0 Å². The van der Waals surface area contributed by atoms with E-state index in [0.29, 0.717) is 0 Å². The second-order valence-corrected chi connectivity index (χ2v) is 3.73. The highest BCUT2D eigenvalue weighted by molar-refractivity contribution is 5.83. The third-order valence-corrected chi connectivity index (χ3v) is 2.41. The number of aliphatic carboxylic acids is 1. The molecular formula is C10H14N2O4. The summed E-state index contributed by atoms with van der Waals surface area (Å²) in [6.07, 6.45) is 4.34. The van der Waals surface area contributed by atoms with Crippen LogP contribution < -0.4 is 5.32 Å². The van der Waals surface area contributed by atoms with Gasteiger partial charge < -0.3 is 20.4 Å². The molecule has 0 radical (unpaired) electrons. The van der Waals surface area contributed by atoms with Crippen molar-refractivity contribution in [2.45, 2.75) is 31.5 Å². The predicted molar refractivity (Wildman–Crippen MR) is 55.6 cm³/mol. The average Bonchev–Trinajstić information content (AvgIpc) is 2.60. The van der Waals surface area contributed by atoms with Crippen LogP contribution in [0.15, 0.2) is 0 Å². The van der Waals surface area contributed by atoms with E-state index in [4.69, 9.17) is 11.5 Å². The van der Waals surface area contributed by atoms with Crippen molar-refractivity contribution in [3.8, 4) is 12.3 Å². The first kappa shape index (κ1) is 12.3. The van der Waals surface area contributed by atoms with E-state index in [1.54, 1.807) is 6.92 Å². The topological polar surface area (TPSA) is 89.9 Å². The Labute approximate surface area is 93.2 Å². The monoisotopic (exact) mass is 226 g/mol. The number of aliphatic hydroxyl groups is 1. The molecule has 0 saturated carbocycles. The van der Waals surface area contributed by atoms with Gasteiger partial charge in [0.2, 0.25) is 0 Å². The number of β-amino-alcohol motifs (C(OH)–C–C–N with tert-alkyl or cyclic N) is 1. The molecule has 6 nitrogen and oxygen atoms in total. The summed E-state index contributed by atoms with van der Waals surface area (Å²) >= 11 is 0. The fraction of sp³-hybridized carbons (Fsp3) is 0.600. The normalized spacial score (nSPS) is 25.9. The summed E-state index contributed by atoms with van der Waals surface area (Å²) in [6, 6.07) is -2.02. The summed E-state index contributed by atoms with van der Waals surface area (Å²) in [6.45, 7) is 1.63. The SMILES string of the molecule is C#CC(C)NC(=O)N1CC(O)CC1C(=O)O. The number of nitrogens with one attached hydrogen (secondary N) is 1. The second-order valence-electron chi connectivity index (χ2n) is 3.73. The van der Waals surface area contributed by atoms with Crippen LogP contribution in [-0.2, 0) is 4.79 Å². The zero-order chi connectivity index (χ0) is 12.3. The van der Waals surface area contributed by atoms with Gasteiger partial charge in [0.25, 0.3) is 0 Å². The number of likely N-dealkylation sites (tertiary alicyclic amines) is 1. The highest BCUT2D eigenvalue weighted by atomic mass is 16.4. The number of urea groups is 1. The van der Waals surface area contributed by atoms with Crippen LogP contribution in [0.5, 0.6) is 0 Å². The highest BCUT2D eigenvalue weighted by Gasteiger charge is 2.39. The first-order valence-corrected chi connectivity index (χ1v) is 4.89. The fourth-order valence-corrected chi connectivity index (χ4v) is 1.58. The van der Waals surface area contributed by atoms with E-state index < -0.39 is 30.2 Å². The third-order valence-electron chi connectivity index (χ3n) is 2.41. The minimum Gasteiger partial charge on any atom is -0.480 e. The van der Waals surface area contributed by atoms with Crippen LogP contribution in [0, 0.1) is 12.3 Å². The number of terminal acetylenes is 1. The molecule has 0 aliphatic carbocycles. The molecular weight excluding hydrogens is 212 g/mol. The number of nitrogens with zero attached hydrogens (tertiary/aromatic N) is 1. The smallest absolute Gasteiger partial charge is 0.326 e. The Kier molecular flexibility index (Phi) is 3.74. The molecule has 3 unspecified atom stereocenters. The summed E-state index contributed by atoms with van der Waals surface area (Å²) in [5, 5.41) is 20.7. The molecule has 0 aromatic rings. The zero-order valence-electron chi connectivity index (χ0n) is 8.88. The first-order valence-electron chi connectivity index (χ1n) is 4.89. The molecule has 0 aromatic carbocycles. The Bertz CT molecular complexity index is 336. The molecule has 6 heteroatoms. The lowest BCUT2D eigenvalue weighted by molar-refractivity contribution is -0.141. The lowest BCUT2D eigenvalue weighted by Gasteiger charge is -2.22. The van der Waals surface area contributed by atoms with E-state index in [-0.39, 0.29) is 13.0 Å². The Hall–Kier alpha value is -1.74. The van der Waals surface area contributed by atoms with E-state index in [0.717, 1.165) is 4.90 Å². The number of carbonyl (C=O) groups excluding carboxylic acids is 1. The zero-order valence-corrected chi connectivity index (χ0v) is 8.88. The number of rotatable bonds is 2. The molecule has 2 amide bonds. The number of carboxylic acids is 1. The molecule has 88 valence electrons. The lowest BCUT2D eigenvalue weighted by Crippen LogP contribution is -2.48. The van der Waals surface area contributed by atoms with Gasteiger partial charge in [-0.1, -0.05) is 5.92 Å². The van der Waals surface area contributed by atoms with Gasteiger partial charge >= 0.3 is 12.0 Å². The Balaban J connectivity index is 2.68. The Morgan fingerprint density at radius 2 is 2.25 bits per heavy atom. The van der Waals surface area contributed by atoms with Crippen molar-refractivity contribution >= 4 is 12.0 Å². The maximum Gasteiger partial charge on any atom is 0.326 e.